The average molecular weight is 307 g/mol. The summed E-state index contributed by atoms with van der Waals surface area (Å²) in [7, 11) is 1.34. The van der Waals surface area contributed by atoms with E-state index in [1.54, 1.807) is 0 Å². The van der Waals surface area contributed by atoms with Crippen LogP contribution >= 0.6 is 34.7 Å². The fourth-order valence-corrected chi connectivity index (χ4v) is 4.09. The molecule has 0 unspecified atom stereocenters. The fraction of sp³-hybridized carbons (Fsp3) is 0.636. The number of ether oxygens (including phenoxy) is 1. The van der Waals surface area contributed by atoms with Gasteiger partial charge in [0.05, 0.1) is 7.11 Å². The van der Waals surface area contributed by atoms with Crippen molar-refractivity contribution in [1.82, 2.24) is 4.98 Å². The maximum Gasteiger partial charge on any atom is 0.351 e. The number of thioether (sulfide) groups is 1. The molecular weight excluding hydrogens is 292 g/mol. The van der Waals surface area contributed by atoms with E-state index in [9.17, 15) is 4.79 Å². The quantitative estimate of drug-likeness (QED) is 0.866. The molecule has 2 rings (SSSR count). The Labute approximate surface area is 119 Å². The van der Waals surface area contributed by atoms with Gasteiger partial charge >= 0.3 is 5.97 Å². The van der Waals surface area contributed by atoms with E-state index >= 15 is 0 Å². The molecule has 0 aromatic carbocycles. The van der Waals surface area contributed by atoms with Crippen LogP contribution in [0.4, 0.5) is 5.13 Å². The highest BCUT2D eigenvalue weighted by atomic mass is 35.5. The second-order valence-corrected chi connectivity index (χ2v) is 6.65. The summed E-state index contributed by atoms with van der Waals surface area (Å²) in [6, 6.07) is 0. The molecule has 0 atom stereocenters. The highest BCUT2D eigenvalue weighted by Gasteiger charge is 2.18. The molecule has 0 radical (unpaired) electrons. The summed E-state index contributed by atoms with van der Waals surface area (Å²) in [6.45, 7) is 0.894. The van der Waals surface area contributed by atoms with Gasteiger partial charge in [-0.25, -0.2) is 9.78 Å². The lowest BCUT2D eigenvalue weighted by molar-refractivity contribution is 0.0606. The first kappa shape index (κ1) is 14.0. The largest absolute Gasteiger partial charge is 0.465 e. The lowest BCUT2D eigenvalue weighted by atomic mass is 10.0. The summed E-state index contributed by atoms with van der Waals surface area (Å²) in [6.07, 6.45) is 2.47. The second-order valence-electron chi connectivity index (χ2n) is 4.07. The van der Waals surface area contributed by atoms with Crippen molar-refractivity contribution in [2.75, 3.05) is 30.5 Å². The molecule has 18 heavy (non-hydrogen) atoms. The Balaban J connectivity index is 1.91. The van der Waals surface area contributed by atoms with Crippen LogP contribution in [0.3, 0.4) is 0 Å². The van der Waals surface area contributed by atoms with E-state index in [2.05, 4.69) is 15.0 Å². The monoisotopic (exact) mass is 306 g/mol. The Morgan fingerprint density at radius 2 is 2.28 bits per heavy atom. The SMILES string of the molecule is COC(=O)c1sc(NCC2CCSCC2)nc1Cl. The predicted octanol–water partition coefficient (Wildman–Crippen LogP) is 3.14. The molecule has 0 bridgehead atoms. The zero-order valence-electron chi connectivity index (χ0n) is 10.1. The van der Waals surface area contributed by atoms with Crippen molar-refractivity contribution < 1.29 is 9.53 Å². The molecule has 1 fully saturated rings. The van der Waals surface area contributed by atoms with Gasteiger partial charge in [-0.15, -0.1) is 0 Å². The van der Waals surface area contributed by atoms with Crippen molar-refractivity contribution in [2.24, 2.45) is 5.92 Å². The number of halogens is 1. The summed E-state index contributed by atoms with van der Waals surface area (Å²) >= 11 is 9.15. The van der Waals surface area contributed by atoms with Gasteiger partial charge in [0.2, 0.25) is 0 Å². The molecular formula is C11H15ClN2O2S2. The molecule has 1 aliphatic rings. The molecule has 0 aliphatic carbocycles. The molecule has 2 heterocycles. The number of carbonyl (C=O) groups is 1. The van der Waals surface area contributed by atoms with Crippen LogP contribution in [0.15, 0.2) is 0 Å². The maximum atomic E-state index is 11.4. The van der Waals surface area contributed by atoms with E-state index in [0.717, 1.165) is 6.54 Å². The molecule has 100 valence electrons. The molecule has 0 amide bonds. The summed E-state index contributed by atoms with van der Waals surface area (Å²) in [5, 5.41) is 4.17. The maximum absolute atomic E-state index is 11.4. The lowest BCUT2D eigenvalue weighted by Gasteiger charge is -2.21. The molecule has 7 heteroatoms. The number of hydrogen-bond donors (Lipinski definition) is 1. The number of carbonyl (C=O) groups excluding carboxylic acids is 1. The minimum Gasteiger partial charge on any atom is -0.465 e. The van der Waals surface area contributed by atoms with Crippen LogP contribution in [-0.4, -0.2) is 36.1 Å². The minimum atomic E-state index is -0.431. The van der Waals surface area contributed by atoms with Crippen molar-refractivity contribution in [3.8, 4) is 0 Å². The number of anilines is 1. The van der Waals surface area contributed by atoms with Crippen LogP contribution in [0.5, 0.6) is 0 Å². The number of nitrogens with zero attached hydrogens (tertiary/aromatic N) is 1. The summed E-state index contributed by atoms with van der Waals surface area (Å²) in [5.41, 5.74) is 0. The number of thiazole rings is 1. The van der Waals surface area contributed by atoms with Crippen LogP contribution in [-0.2, 0) is 4.74 Å². The first-order valence-electron chi connectivity index (χ1n) is 5.77. The molecule has 1 N–H and O–H groups in total. The molecule has 4 nitrogen and oxygen atoms in total. The van der Waals surface area contributed by atoms with E-state index in [0.29, 0.717) is 15.9 Å². The van der Waals surface area contributed by atoms with Crippen molar-refractivity contribution in [3.63, 3.8) is 0 Å². The zero-order chi connectivity index (χ0) is 13.0. The first-order valence-corrected chi connectivity index (χ1v) is 8.12. The van der Waals surface area contributed by atoms with Crippen LogP contribution in [0.2, 0.25) is 5.15 Å². The Hall–Kier alpha value is -0.460. The van der Waals surface area contributed by atoms with Crippen LogP contribution in [0.25, 0.3) is 0 Å². The van der Waals surface area contributed by atoms with Gasteiger partial charge in [-0.1, -0.05) is 22.9 Å². The van der Waals surface area contributed by atoms with Crippen LogP contribution in [0.1, 0.15) is 22.5 Å². The van der Waals surface area contributed by atoms with Crippen LogP contribution < -0.4 is 5.32 Å². The Morgan fingerprint density at radius 1 is 1.56 bits per heavy atom. The smallest absolute Gasteiger partial charge is 0.351 e. The average Bonchev–Trinajstić information content (AvgIpc) is 2.78. The predicted molar refractivity (Wildman–Crippen MR) is 77.0 cm³/mol. The second kappa shape index (κ2) is 6.63. The van der Waals surface area contributed by atoms with E-state index in [4.69, 9.17) is 11.6 Å². The van der Waals surface area contributed by atoms with Crippen molar-refractivity contribution in [1.29, 1.82) is 0 Å². The highest BCUT2D eigenvalue weighted by molar-refractivity contribution is 7.99. The van der Waals surface area contributed by atoms with E-state index < -0.39 is 5.97 Å². The van der Waals surface area contributed by atoms with Crippen molar-refractivity contribution in [2.45, 2.75) is 12.8 Å². The number of esters is 1. The Bertz CT molecular complexity index is 419. The van der Waals surface area contributed by atoms with Gasteiger partial charge in [0.25, 0.3) is 0 Å². The van der Waals surface area contributed by atoms with Gasteiger partial charge in [-0.05, 0) is 30.3 Å². The van der Waals surface area contributed by atoms with Gasteiger partial charge in [0, 0.05) is 6.54 Å². The highest BCUT2D eigenvalue weighted by Crippen LogP contribution is 2.29. The minimum absolute atomic E-state index is 0.216. The van der Waals surface area contributed by atoms with Gasteiger partial charge in [-0.3, -0.25) is 0 Å². The molecule has 0 spiro atoms. The summed E-state index contributed by atoms with van der Waals surface area (Å²) < 4.78 is 4.64. The van der Waals surface area contributed by atoms with Crippen LogP contribution in [0, 0.1) is 5.92 Å². The van der Waals surface area contributed by atoms with Crippen molar-refractivity contribution in [3.05, 3.63) is 10.0 Å². The number of methoxy groups -OCH3 is 1. The Kier molecular flexibility index (Phi) is 5.14. The van der Waals surface area contributed by atoms with Gasteiger partial charge in [0.1, 0.15) is 0 Å². The van der Waals surface area contributed by atoms with E-state index in [-0.39, 0.29) is 5.15 Å². The van der Waals surface area contributed by atoms with Gasteiger partial charge in [0.15, 0.2) is 15.2 Å². The summed E-state index contributed by atoms with van der Waals surface area (Å²) in [5.74, 6) is 2.73. The van der Waals surface area contributed by atoms with Gasteiger partial charge in [-0.2, -0.15) is 11.8 Å². The first-order chi connectivity index (χ1) is 8.70. The van der Waals surface area contributed by atoms with Gasteiger partial charge < -0.3 is 10.1 Å². The number of rotatable bonds is 4. The van der Waals surface area contributed by atoms with E-state index in [1.165, 1.54) is 42.8 Å². The van der Waals surface area contributed by atoms with E-state index in [1.807, 2.05) is 11.8 Å². The molecule has 0 saturated carbocycles. The molecule has 1 saturated heterocycles. The molecule has 1 aliphatic heterocycles. The Morgan fingerprint density at radius 3 is 2.94 bits per heavy atom. The topological polar surface area (TPSA) is 51.2 Å². The lowest BCUT2D eigenvalue weighted by Crippen LogP contribution is -2.18. The molecule has 1 aromatic heterocycles. The third-order valence-electron chi connectivity index (χ3n) is 2.84. The normalized spacial score (nSPS) is 16.6. The third kappa shape index (κ3) is 3.52. The standard InChI is InChI=1S/C11H15ClN2O2S2/c1-16-10(15)8-9(12)14-11(18-8)13-6-7-2-4-17-5-3-7/h7H,2-6H2,1H3,(H,13,14). The number of nitrogens with one attached hydrogen (secondary N) is 1. The number of aromatic nitrogens is 1. The number of hydrogen-bond acceptors (Lipinski definition) is 6. The third-order valence-corrected chi connectivity index (χ3v) is 5.27. The van der Waals surface area contributed by atoms with Crippen molar-refractivity contribution >= 4 is 45.8 Å². The fourth-order valence-electron chi connectivity index (χ4n) is 1.78. The zero-order valence-corrected chi connectivity index (χ0v) is 12.5. The molecule has 1 aromatic rings. The summed E-state index contributed by atoms with van der Waals surface area (Å²) in [4.78, 5) is 15.9.